The summed E-state index contributed by atoms with van der Waals surface area (Å²) in [5, 5.41) is 5.15. The largest absolute Gasteiger partial charge is 0.439 e. The fourth-order valence-electron chi connectivity index (χ4n) is 2.43. The average Bonchev–Trinajstić information content (AvgIpc) is 2.63. The van der Waals surface area contributed by atoms with Crippen LogP contribution in [0.15, 0.2) is 18.2 Å². The Kier molecular flexibility index (Phi) is 4.53. The Balaban J connectivity index is 2.33. The standard InChI is InChI=1S/C16H21BrN2O/c1-10(2)14-7-6-13(8-11(14)3)20-16-15(9-17)12(4)18-19(16)5/h6-8,10H,9H2,1-5H3. The summed E-state index contributed by atoms with van der Waals surface area (Å²) < 4.78 is 7.83. The molecule has 1 aromatic heterocycles. The van der Waals surface area contributed by atoms with E-state index in [1.165, 1.54) is 11.1 Å². The number of rotatable bonds is 4. The highest BCUT2D eigenvalue weighted by Crippen LogP contribution is 2.31. The second-order valence-electron chi connectivity index (χ2n) is 5.40. The fourth-order valence-corrected chi connectivity index (χ4v) is 3.08. The molecular formula is C16H21BrN2O. The number of hydrogen-bond acceptors (Lipinski definition) is 2. The zero-order valence-corrected chi connectivity index (χ0v) is 14.3. The van der Waals surface area contributed by atoms with Crippen LogP contribution in [0, 0.1) is 13.8 Å². The smallest absolute Gasteiger partial charge is 0.221 e. The van der Waals surface area contributed by atoms with Gasteiger partial charge in [0.15, 0.2) is 0 Å². The summed E-state index contributed by atoms with van der Waals surface area (Å²) in [5.41, 5.74) is 4.71. The Morgan fingerprint density at radius 3 is 2.55 bits per heavy atom. The number of nitrogens with zero attached hydrogens (tertiary/aromatic N) is 2. The van der Waals surface area contributed by atoms with Gasteiger partial charge < -0.3 is 4.74 Å². The van der Waals surface area contributed by atoms with E-state index < -0.39 is 0 Å². The molecule has 1 heterocycles. The van der Waals surface area contributed by atoms with Gasteiger partial charge in [0.1, 0.15) is 5.75 Å². The van der Waals surface area contributed by atoms with Crippen LogP contribution in [0.1, 0.15) is 42.1 Å². The van der Waals surface area contributed by atoms with Crippen LogP contribution in [0.2, 0.25) is 0 Å². The van der Waals surface area contributed by atoms with Crippen molar-refractivity contribution < 1.29 is 4.74 Å². The predicted molar refractivity (Wildman–Crippen MR) is 85.9 cm³/mol. The molecule has 0 radical (unpaired) electrons. The molecule has 4 heteroatoms. The first-order chi connectivity index (χ1) is 9.43. The molecule has 0 saturated carbocycles. The van der Waals surface area contributed by atoms with Crippen molar-refractivity contribution in [2.45, 2.75) is 38.9 Å². The molecule has 0 bridgehead atoms. The molecule has 108 valence electrons. The number of alkyl halides is 1. The van der Waals surface area contributed by atoms with Crippen molar-refractivity contribution in [3.63, 3.8) is 0 Å². The molecule has 0 atom stereocenters. The van der Waals surface area contributed by atoms with E-state index in [1.807, 2.05) is 20.0 Å². The number of aryl methyl sites for hydroxylation is 3. The SMILES string of the molecule is Cc1cc(Oc2c(CBr)c(C)nn2C)ccc1C(C)C. The molecule has 20 heavy (non-hydrogen) atoms. The molecule has 0 saturated heterocycles. The van der Waals surface area contributed by atoms with Crippen molar-refractivity contribution in [3.8, 4) is 11.6 Å². The Morgan fingerprint density at radius 2 is 2.00 bits per heavy atom. The van der Waals surface area contributed by atoms with Crippen LogP contribution in [-0.4, -0.2) is 9.78 Å². The number of aromatic nitrogens is 2. The van der Waals surface area contributed by atoms with E-state index >= 15 is 0 Å². The highest BCUT2D eigenvalue weighted by Gasteiger charge is 2.15. The molecule has 0 aliphatic carbocycles. The Hall–Kier alpha value is -1.29. The van der Waals surface area contributed by atoms with Crippen LogP contribution in [0.4, 0.5) is 0 Å². The Morgan fingerprint density at radius 1 is 1.30 bits per heavy atom. The van der Waals surface area contributed by atoms with E-state index in [0.717, 1.165) is 28.2 Å². The third kappa shape index (κ3) is 2.90. The van der Waals surface area contributed by atoms with Crippen LogP contribution in [0.25, 0.3) is 0 Å². The molecule has 0 fully saturated rings. The predicted octanol–water partition coefficient (Wildman–Crippen LogP) is 4.85. The number of benzene rings is 1. The maximum atomic E-state index is 6.04. The normalized spacial score (nSPS) is 11.2. The summed E-state index contributed by atoms with van der Waals surface area (Å²) in [6.07, 6.45) is 0. The van der Waals surface area contributed by atoms with Crippen molar-refractivity contribution >= 4 is 15.9 Å². The van der Waals surface area contributed by atoms with Gasteiger partial charge in [0.2, 0.25) is 5.88 Å². The summed E-state index contributed by atoms with van der Waals surface area (Å²) in [6, 6.07) is 6.27. The molecule has 2 aromatic rings. The van der Waals surface area contributed by atoms with Gasteiger partial charge in [-0.3, -0.25) is 0 Å². The van der Waals surface area contributed by atoms with Gasteiger partial charge in [-0.25, -0.2) is 4.68 Å². The van der Waals surface area contributed by atoms with Gasteiger partial charge in [0.25, 0.3) is 0 Å². The van der Waals surface area contributed by atoms with E-state index in [-0.39, 0.29) is 0 Å². The average molecular weight is 337 g/mol. The summed E-state index contributed by atoms with van der Waals surface area (Å²) in [5.74, 6) is 2.19. The van der Waals surface area contributed by atoms with Gasteiger partial charge in [-0.2, -0.15) is 5.10 Å². The highest BCUT2D eigenvalue weighted by molar-refractivity contribution is 9.08. The molecule has 2 rings (SSSR count). The van der Waals surface area contributed by atoms with Crippen molar-refractivity contribution in [2.75, 3.05) is 0 Å². The molecule has 0 spiro atoms. The van der Waals surface area contributed by atoms with Crippen LogP contribution in [0.5, 0.6) is 11.6 Å². The zero-order chi connectivity index (χ0) is 14.9. The summed E-state index contributed by atoms with van der Waals surface area (Å²) >= 11 is 3.50. The number of halogens is 1. The van der Waals surface area contributed by atoms with E-state index in [0.29, 0.717) is 5.92 Å². The van der Waals surface area contributed by atoms with Gasteiger partial charge in [0, 0.05) is 17.9 Å². The van der Waals surface area contributed by atoms with Gasteiger partial charge in [-0.15, -0.1) is 0 Å². The van der Waals surface area contributed by atoms with E-state index in [4.69, 9.17) is 4.74 Å². The molecule has 3 nitrogen and oxygen atoms in total. The number of hydrogen-bond donors (Lipinski definition) is 0. The maximum absolute atomic E-state index is 6.04. The molecule has 0 N–H and O–H groups in total. The van der Waals surface area contributed by atoms with Crippen molar-refractivity contribution in [1.29, 1.82) is 0 Å². The third-order valence-corrected chi connectivity index (χ3v) is 4.06. The summed E-state index contributed by atoms with van der Waals surface area (Å²) in [4.78, 5) is 0. The summed E-state index contributed by atoms with van der Waals surface area (Å²) in [7, 11) is 1.91. The van der Waals surface area contributed by atoms with Gasteiger partial charge in [-0.1, -0.05) is 35.8 Å². The second kappa shape index (κ2) is 6.00. The highest BCUT2D eigenvalue weighted by atomic mass is 79.9. The topological polar surface area (TPSA) is 27.1 Å². The molecule has 0 unspecified atom stereocenters. The second-order valence-corrected chi connectivity index (χ2v) is 5.96. The first-order valence-electron chi connectivity index (χ1n) is 6.80. The lowest BCUT2D eigenvalue weighted by Gasteiger charge is -2.13. The van der Waals surface area contributed by atoms with Crippen LogP contribution < -0.4 is 4.74 Å². The quantitative estimate of drug-likeness (QED) is 0.746. The van der Waals surface area contributed by atoms with Gasteiger partial charge in [0.05, 0.1) is 5.69 Å². The third-order valence-electron chi connectivity index (χ3n) is 3.50. The minimum atomic E-state index is 0.529. The number of ether oxygens (including phenoxy) is 1. The van der Waals surface area contributed by atoms with E-state index in [2.05, 4.69) is 53.9 Å². The minimum Gasteiger partial charge on any atom is -0.439 e. The first kappa shape index (κ1) is 15.1. The Labute approximate surface area is 129 Å². The van der Waals surface area contributed by atoms with Crippen LogP contribution >= 0.6 is 15.9 Å². The van der Waals surface area contributed by atoms with Crippen LogP contribution in [-0.2, 0) is 12.4 Å². The molecule has 0 aliphatic rings. The maximum Gasteiger partial charge on any atom is 0.221 e. The lowest BCUT2D eigenvalue weighted by atomic mass is 9.98. The fraction of sp³-hybridized carbons (Fsp3) is 0.438. The molecule has 0 aliphatic heterocycles. The minimum absolute atomic E-state index is 0.529. The lowest BCUT2D eigenvalue weighted by Crippen LogP contribution is -1.98. The molecule has 0 amide bonds. The monoisotopic (exact) mass is 336 g/mol. The molecular weight excluding hydrogens is 316 g/mol. The van der Waals surface area contributed by atoms with Crippen molar-refractivity contribution in [2.24, 2.45) is 7.05 Å². The Bertz CT molecular complexity index is 617. The lowest BCUT2D eigenvalue weighted by molar-refractivity contribution is 0.427. The van der Waals surface area contributed by atoms with Gasteiger partial charge in [-0.05, 0) is 43.0 Å². The van der Waals surface area contributed by atoms with Crippen molar-refractivity contribution in [1.82, 2.24) is 9.78 Å². The first-order valence-corrected chi connectivity index (χ1v) is 7.93. The molecule has 1 aromatic carbocycles. The van der Waals surface area contributed by atoms with E-state index in [9.17, 15) is 0 Å². The van der Waals surface area contributed by atoms with E-state index in [1.54, 1.807) is 4.68 Å². The van der Waals surface area contributed by atoms with Crippen molar-refractivity contribution in [3.05, 3.63) is 40.6 Å². The summed E-state index contributed by atoms with van der Waals surface area (Å²) in [6.45, 7) is 8.53. The van der Waals surface area contributed by atoms with Crippen LogP contribution in [0.3, 0.4) is 0 Å². The zero-order valence-electron chi connectivity index (χ0n) is 12.7. The van der Waals surface area contributed by atoms with Gasteiger partial charge >= 0.3 is 0 Å².